The molecule has 4 atom stereocenters. The summed E-state index contributed by atoms with van der Waals surface area (Å²) < 4.78 is 76.3. The van der Waals surface area contributed by atoms with Crippen molar-refractivity contribution >= 4 is 0 Å². The van der Waals surface area contributed by atoms with E-state index < -0.39 is 5.41 Å². The van der Waals surface area contributed by atoms with E-state index in [1.165, 1.54) is 44.5 Å². The summed E-state index contributed by atoms with van der Waals surface area (Å²) in [5.74, 6) is 6.27. The second-order valence-corrected chi connectivity index (χ2v) is 21.0. The molecule has 0 saturated carbocycles. The predicted octanol–water partition coefficient (Wildman–Crippen LogP) is 13.2. The van der Waals surface area contributed by atoms with E-state index in [1.807, 2.05) is 0 Å². The molecule has 12 heteroatoms. The zero-order valence-electron chi connectivity index (χ0n) is 44.6. The van der Waals surface area contributed by atoms with Crippen molar-refractivity contribution < 1.29 is 56.8 Å². The fourth-order valence-corrected chi connectivity index (χ4v) is 17.0. The van der Waals surface area contributed by atoms with Crippen molar-refractivity contribution in [2.45, 2.75) is 23.7 Å². The first-order valence-corrected chi connectivity index (χ1v) is 25.8. The van der Waals surface area contributed by atoms with Gasteiger partial charge in [-0.25, -0.2) is 0 Å². The molecule has 0 heterocycles. The van der Waals surface area contributed by atoms with Gasteiger partial charge in [-0.05, 0) is 136 Å². The van der Waals surface area contributed by atoms with Gasteiger partial charge in [-0.15, -0.1) is 0 Å². The van der Waals surface area contributed by atoms with Crippen LogP contribution >= 0.6 is 0 Å². The summed E-state index contributed by atoms with van der Waals surface area (Å²) in [7, 11) is 20.4. The minimum Gasteiger partial charge on any atom is -0.493 e. The van der Waals surface area contributed by atoms with Crippen LogP contribution in [0.4, 0.5) is 0 Å². The van der Waals surface area contributed by atoms with Crippen molar-refractivity contribution in [3.05, 3.63) is 117 Å². The molecule has 0 saturated heterocycles. The molecule has 0 amide bonds. The van der Waals surface area contributed by atoms with Crippen molar-refractivity contribution in [1.82, 2.24) is 0 Å². The van der Waals surface area contributed by atoms with Crippen molar-refractivity contribution in [2.75, 3.05) is 85.3 Å². The Hall–Kier alpha value is -8.64. The molecule has 12 nitrogen and oxygen atoms in total. The summed E-state index contributed by atoms with van der Waals surface area (Å²) in [6.45, 7) is 0. The maximum absolute atomic E-state index is 6.59. The Morgan fingerprint density at radius 2 is 0.403 bits per heavy atom. The monoisotopic (exact) mass is 1020 g/mol. The summed E-state index contributed by atoms with van der Waals surface area (Å²) >= 11 is 0. The Balaban J connectivity index is 1.21. The molecule has 0 aromatic heterocycles. The highest BCUT2D eigenvalue weighted by Crippen LogP contribution is 2.90. The topological polar surface area (TPSA) is 111 Å². The highest BCUT2D eigenvalue weighted by atomic mass is 16.6. The van der Waals surface area contributed by atoms with E-state index in [0.717, 1.165) is 89.0 Å². The lowest BCUT2D eigenvalue weighted by atomic mass is 9.63. The van der Waals surface area contributed by atoms with Crippen molar-refractivity contribution in [1.29, 1.82) is 0 Å². The summed E-state index contributed by atoms with van der Waals surface area (Å²) in [5.41, 5.74) is 26.4. The fraction of sp³-hybridized carbons (Fsp3) is 0.262. The second kappa shape index (κ2) is 14.8. The molecule has 16 rings (SSSR count). The van der Waals surface area contributed by atoms with Crippen LogP contribution < -0.4 is 56.8 Å². The van der Waals surface area contributed by atoms with Crippen LogP contribution in [-0.2, 0) is 0 Å². The first-order valence-electron chi connectivity index (χ1n) is 25.8. The van der Waals surface area contributed by atoms with Crippen LogP contribution in [0, 0.1) is 5.41 Å². The number of methoxy groups -OCH3 is 12. The van der Waals surface area contributed by atoms with Crippen molar-refractivity contribution in [3.8, 4) is 158 Å². The molecule has 0 unspecified atom stereocenters. The summed E-state index contributed by atoms with van der Waals surface area (Å²) in [6.07, 6.45) is 0. The lowest BCUT2D eigenvalue weighted by Crippen LogP contribution is -2.30. The second-order valence-electron chi connectivity index (χ2n) is 21.0. The third kappa shape index (κ3) is 4.55. The predicted molar refractivity (Wildman–Crippen MR) is 292 cm³/mol. The Morgan fingerprint density at radius 1 is 0.221 bits per heavy atom. The number of benzene rings is 8. The van der Waals surface area contributed by atoms with E-state index in [9.17, 15) is 0 Å². The van der Waals surface area contributed by atoms with Gasteiger partial charge in [-0.3, -0.25) is 0 Å². The smallest absolute Gasteiger partial charge is 0.203 e. The molecule has 0 bridgehead atoms. The van der Waals surface area contributed by atoms with E-state index in [-0.39, 0.29) is 23.7 Å². The first kappa shape index (κ1) is 44.6. The highest BCUT2D eigenvalue weighted by Gasteiger charge is 2.77. The lowest BCUT2D eigenvalue weighted by molar-refractivity contribution is 0.243. The summed E-state index contributed by atoms with van der Waals surface area (Å²) in [4.78, 5) is 0. The Kier molecular flexibility index (Phi) is 8.61. The van der Waals surface area contributed by atoms with Gasteiger partial charge in [-0.2, -0.15) is 0 Å². The SMILES string of the molecule is COc1cc2c(c(OC)c1OC)-c1ccc3c4c1[C@H]1c5c-2ccc2c5[C@@H]5c6c(ccc7c6[C@H]6c8c(ccc(c8[C@H]4C156)-c1cc(OC)c(OC)c(OC)c1-3)-c1cc(OC)c(OC)c(OC)c1-7)-c1c-2cc(OC)c(OC)c1OC. The standard InChI is InChI=1S/C65H52O12/c1-66-37-21-33-25-13-14-26-34-22-38(67-2)58(71-6)63(76-11)43(34)31-19-20-32-44-36(24-40(69-4)60(73-8)64(44)77-12)28-16-15-27-35-23-39(68-3)59(72-7)62(75-10)42(35)30-18-17-29(41(33)61(74-9)57(37)70-5)49-50(30)55-47(27)48(28)56-52(32)51(31)54-46(26)45(25)53(49)65(54,55)56/h13-24,53-56H,1-12H3/t53-,54-,55-,56-,65?/m1/s1. The molecular formula is C65H52O12. The molecule has 0 N–H and O–H groups in total. The van der Waals surface area contributed by atoms with Crippen LogP contribution in [0.25, 0.3) is 89.0 Å². The molecule has 8 aliphatic carbocycles. The lowest BCUT2D eigenvalue weighted by Gasteiger charge is -2.37. The van der Waals surface area contributed by atoms with Crippen LogP contribution in [-0.4, -0.2) is 85.3 Å². The van der Waals surface area contributed by atoms with Crippen LogP contribution in [0.5, 0.6) is 69.0 Å². The number of hydrogen-bond donors (Lipinski definition) is 0. The highest BCUT2D eigenvalue weighted by molar-refractivity contribution is 6.11. The molecule has 0 aliphatic heterocycles. The Labute approximate surface area is 444 Å². The van der Waals surface area contributed by atoms with Gasteiger partial charge in [0.1, 0.15) is 0 Å². The van der Waals surface area contributed by atoms with Gasteiger partial charge < -0.3 is 56.8 Å². The van der Waals surface area contributed by atoms with E-state index in [1.54, 1.807) is 85.3 Å². The van der Waals surface area contributed by atoms with Gasteiger partial charge in [0.2, 0.25) is 23.0 Å². The van der Waals surface area contributed by atoms with E-state index in [0.29, 0.717) is 69.0 Å². The van der Waals surface area contributed by atoms with Gasteiger partial charge >= 0.3 is 0 Å². The zero-order chi connectivity index (χ0) is 52.6. The van der Waals surface area contributed by atoms with E-state index in [2.05, 4.69) is 72.8 Å². The number of ether oxygens (including phenoxy) is 12. The Morgan fingerprint density at radius 3 is 0.584 bits per heavy atom. The molecule has 0 fully saturated rings. The number of fused-ring (bicyclic) bond motifs is 12. The molecular weight excluding hydrogens is 973 g/mol. The number of hydrogen-bond acceptors (Lipinski definition) is 12. The van der Waals surface area contributed by atoms with Crippen molar-refractivity contribution in [3.63, 3.8) is 0 Å². The van der Waals surface area contributed by atoms with Gasteiger partial charge in [0, 0.05) is 51.3 Å². The van der Waals surface area contributed by atoms with E-state index >= 15 is 0 Å². The van der Waals surface area contributed by atoms with Gasteiger partial charge in [0.15, 0.2) is 46.0 Å². The van der Waals surface area contributed by atoms with Crippen LogP contribution in [0.2, 0.25) is 0 Å². The first-order chi connectivity index (χ1) is 37.7. The molecule has 8 aliphatic rings. The van der Waals surface area contributed by atoms with E-state index in [4.69, 9.17) is 56.8 Å². The van der Waals surface area contributed by atoms with Crippen LogP contribution in [0.3, 0.4) is 0 Å². The quantitative estimate of drug-likeness (QED) is 0.116. The Bertz CT molecular complexity index is 3600. The zero-order valence-corrected chi connectivity index (χ0v) is 44.6. The van der Waals surface area contributed by atoms with Crippen LogP contribution in [0.15, 0.2) is 72.8 Å². The average molecular weight is 1030 g/mol. The fourth-order valence-electron chi connectivity index (χ4n) is 17.0. The number of rotatable bonds is 12. The molecule has 8 aromatic rings. The minimum absolute atomic E-state index is 0.156. The average Bonchev–Trinajstić information content (AvgIpc) is 2.68. The maximum atomic E-state index is 6.59. The largest absolute Gasteiger partial charge is 0.493 e. The van der Waals surface area contributed by atoms with Crippen LogP contribution in [0.1, 0.15) is 68.2 Å². The van der Waals surface area contributed by atoms with Gasteiger partial charge in [0.25, 0.3) is 0 Å². The summed E-state index contributed by atoms with van der Waals surface area (Å²) in [6, 6.07) is 27.2. The normalized spacial score (nSPS) is 19.5. The molecule has 8 aromatic carbocycles. The molecule has 1 spiro atoms. The van der Waals surface area contributed by atoms with Crippen molar-refractivity contribution in [2.24, 2.45) is 5.41 Å². The molecule has 0 radical (unpaired) electrons. The minimum atomic E-state index is -0.569. The third-order valence-corrected chi connectivity index (χ3v) is 19.0. The maximum Gasteiger partial charge on any atom is 0.203 e. The summed E-state index contributed by atoms with van der Waals surface area (Å²) in [5, 5.41) is 0. The third-order valence-electron chi connectivity index (χ3n) is 19.0. The molecule has 384 valence electrons. The van der Waals surface area contributed by atoms with Gasteiger partial charge in [0.05, 0.1) is 85.3 Å². The molecule has 77 heavy (non-hydrogen) atoms. The van der Waals surface area contributed by atoms with Gasteiger partial charge in [-0.1, -0.05) is 48.5 Å².